The molecule has 1 atom stereocenters. The second-order valence-electron chi connectivity index (χ2n) is 5.37. The van der Waals surface area contributed by atoms with Crippen LogP contribution in [0.5, 0.6) is 0 Å². The van der Waals surface area contributed by atoms with Gasteiger partial charge in [0.15, 0.2) is 5.54 Å². The number of aliphatic carboxylic acids is 1. The van der Waals surface area contributed by atoms with Gasteiger partial charge in [-0.2, -0.15) is 0 Å². The molecule has 8 heteroatoms. The molecule has 0 saturated carbocycles. The Kier molecular flexibility index (Phi) is 3.25. The number of carbonyl (C=O) groups is 2. The summed E-state index contributed by atoms with van der Waals surface area (Å²) in [6.45, 7) is 0.233. The van der Waals surface area contributed by atoms with Crippen molar-refractivity contribution in [1.29, 1.82) is 0 Å². The number of H-pyrrole nitrogens is 1. The zero-order chi connectivity index (χ0) is 15.9. The maximum Gasteiger partial charge on any atom is 0.331 e. The number of fused-ring (bicyclic) bond motifs is 1. The highest BCUT2D eigenvalue weighted by Gasteiger charge is 2.44. The largest absolute Gasteiger partial charge is 0.479 e. The summed E-state index contributed by atoms with van der Waals surface area (Å²) >= 11 is 0. The number of aryl methyl sites for hydroxylation is 1. The molecule has 0 bridgehead atoms. The summed E-state index contributed by atoms with van der Waals surface area (Å²) in [5, 5.41) is 11.9. The third-order valence-electron chi connectivity index (χ3n) is 3.95. The van der Waals surface area contributed by atoms with Gasteiger partial charge < -0.3 is 20.1 Å². The zero-order valence-corrected chi connectivity index (χ0v) is 11.9. The first-order chi connectivity index (χ1) is 10.4. The van der Waals surface area contributed by atoms with Gasteiger partial charge in [0.05, 0.1) is 17.6 Å². The number of hydrogen-bond acceptors (Lipinski definition) is 4. The molecule has 1 aromatic carbocycles. The second-order valence-corrected chi connectivity index (χ2v) is 5.37. The van der Waals surface area contributed by atoms with Crippen molar-refractivity contribution in [2.45, 2.75) is 12.0 Å². The quantitative estimate of drug-likeness (QED) is 0.729. The van der Waals surface area contributed by atoms with E-state index in [1.165, 1.54) is 4.57 Å². The number of ether oxygens (including phenoxy) is 1. The lowest BCUT2D eigenvalue weighted by Gasteiger charge is -2.23. The van der Waals surface area contributed by atoms with Crippen LogP contribution in [0.2, 0.25) is 0 Å². The number of amides is 1. The molecular weight excluding hydrogens is 290 g/mol. The number of carboxylic acid groups (broad SMARTS) is 1. The van der Waals surface area contributed by atoms with Crippen LogP contribution in [0.25, 0.3) is 11.0 Å². The van der Waals surface area contributed by atoms with Crippen molar-refractivity contribution in [2.24, 2.45) is 7.05 Å². The Morgan fingerprint density at radius 3 is 2.86 bits per heavy atom. The monoisotopic (exact) mass is 305 g/mol. The average molecular weight is 305 g/mol. The van der Waals surface area contributed by atoms with Crippen molar-refractivity contribution in [1.82, 2.24) is 14.9 Å². The highest BCUT2D eigenvalue weighted by molar-refractivity contribution is 6.00. The standard InChI is InChI=1S/C14H15N3O5/c1-17-10-6-8(2-3-9(10)15-13(17)21)11(18)16-14(12(19)20)4-5-22-7-14/h2-3,6H,4-5,7H2,1H3,(H,15,21)(H,16,18)(H,19,20). The summed E-state index contributed by atoms with van der Waals surface area (Å²) in [5.41, 5.74) is -0.199. The minimum Gasteiger partial charge on any atom is -0.479 e. The van der Waals surface area contributed by atoms with E-state index in [-0.39, 0.29) is 30.9 Å². The summed E-state index contributed by atoms with van der Waals surface area (Å²) < 4.78 is 6.49. The van der Waals surface area contributed by atoms with Gasteiger partial charge in [-0.25, -0.2) is 9.59 Å². The minimum atomic E-state index is -1.39. The third-order valence-corrected chi connectivity index (χ3v) is 3.95. The Balaban J connectivity index is 1.93. The van der Waals surface area contributed by atoms with Gasteiger partial charge in [-0.3, -0.25) is 9.36 Å². The molecule has 1 amide bonds. The lowest BCUT2D eigenvalue weighted by Crippen LogP contribution is -2.55. The normalized spacial score (nSPS) is 21.1. The molecule has 116 valence electrons. The molecule has 1 saturated heterocycles. The average Bonchev–Trinajstić information content (AvgIpc) is 3.06. The van der Waals surface area contributed by atoms with Gasteiger partial charge in [-0.15, -0.1) is 0 Å². The number of carboxylic acids is 1. The Bertz CT molecular complexity index is 813. The van der Waals surface area contributed by atoms with Crippen LogP contribution in [0.1, 0.15) is 16.8 Å². The molecule has 1 aliphatic heterocycles. The highest BCUT2D eigenvalue weighted by atomic mass is 16.5. The zero-order valence-electron chi connectivity index (χ0n) is 11.9. The summed E-state index contributed by atoms with van der Waals surface area (Å²) in [6, 6.07) is 4.71. The van der Waals surface area contributed by atoms with Crippen molar-refractivity contribution in [2.75, 3.05) is 13.2 Å². The first-order valence-electron chi connectivity index (χ1n) is 6.75. The summed E-state index contributed by atoms with van der Waals surface area (Å²) in [4.78, 5) is 38.0. The Hall–Kier alpha value is -2.61. The van der Waals surface area contributed by atoms with Crippen LogP contribution >= 0.6 is 0 Å². The van der Waals surface area contributed by atoms with Crippen molar-refractivity contribution in [3.63, 3.8) is 0 Å². The number of nitrogens with one attached hydrogen (secondary N) is 2. The van der Waals surface area contributed by atoms with Crippen LogP contribution in [0.3, 0.4) is 0 Å². The fourth-order valence-electron chi connectivity index (χ4n) is 2.54. The van der Waals surface area contributed by atoms with Gasteiger partial charge >= 0.3 is 11.7 Å². The van der Waals surface area contributed by atoms with Gasteiger partial charge in [-0.05, 0) is 18.2 Å². The topological polar surface area (TPSA) is 113 Å². The van der Waals surface area contributed by atoms with Gasteiger partial charge in [0.25, 0.3) is 5.91 Å². The number of aromatic amines is 1. The summed E-state index contributed by atoms with van der Waals surface area (Å²) in [7, 11) is 1.59. The number of aromatic nitrogens is 2. The van der Waals surface area contributed by atoms with Gasteiger partial charge in [0, 0.05) is 25.6 Å². The van der Waals surface area contributed by atoms with Crippen molar-refractivity contribution in [3.05, 3.63) is 34.2 Å². The van der Waals surface area contributed by atoms with E-state index in [2.05, 4.69) is 10.3 Å². The molecule has 3 rings (SSSR count). The Morgan fingerprint density at radius 1 is 1.45 bits per heavy atom. The molecular formula is C14H15N3O5. The molecule has 1 aromatic heterocycles. The lowest BCUT2D eigenvalue weighted by molar-refractivity contribution is -0.144. The number of rotatable bonds is 3. The molecule has 2 aromatic rings. The van der Waals surface area contributed by atoms with Crippen LogP contribution < -0.4 is 11.0 Å². The maximum atomic E-state index is 12.3. The van der Waals surface area contributed by atoms with E-state index in [0.29, 0.717) is 11.0 Å². The van der Waals surface area contributed by atoms with Crippen LogP contribution in [-0.2, 0) is 16.6 Å². The van der Waals surface area contributed by atoms with E-state index in [1.807, 2.05) is 0 Å². The van der Waals surface area contributed by atoms with E-state index in [1.54, 1.807) is 25.2 Å². The molecule has 1 unspecified atom stereocenters. The fraction of sp³-hybridized carbons (Fsp3) is 0.357. The van der Waals surface area contributed by atoms with Crippen LogP contribution in [0, 0.1) is 0 Å². The summed E-state index contributed by atoms with van der Waals surface area (Å²) in [6.07, 6.45) is 0.221. The molecule has 0 spiro atoms. The molecule has 22 heavy (non-hydrogen) atoms. The van der Waals surface area contributed by atoms with Gasteiger partial charge in [0.2, 0.25) is 0 Å². The molecule has 0 aliphatic carbocycles. The molecule has 1 aliphatic rings. The van der Waals surface area contributed by atoms with Crippen molar-refractivity contribution < 1.29 is 19.4 Å². The first kappa shape index (κ1) is 14.3. The molecule has 3 N–H and O–H groups in total. The molecule has 1 fully saturated rings. The Morgan fingerprint density at radius 2 is 2.23 bits per heavy atom. The lowest BCUT2D eigenvalue weighted by atomic mass is 9.98. The van der Waals surface area contributed by atoms with Gasteiger partial charge in [0.1, 0.15) is 0 Å². The third kappa shape index (κ3) is 2.17. The Labute approximate surface area is 124 Å². The van der Waals surface area contributed by atoms with Crippen LogP contribution in [0.4, 0.5) is 0 Å². The van der Waals surface area contributed by atoms with Crippen molar-refractivity contribution >= 4 is 22.9 Å². The summed E-state index contributed by atoms with van der Waals surface area (Å²) in [5.74, 6) is -1.63. The number of nitrogens with zero attached hydrogens (tertiary/aromatic N) is 1. The van der Waals surface area contributed by atoms with E-state index in [4.69, 9.17) is 4.74 Å². The minimum absolute atomic E-state index is 0.0566. The highest BCUT2D eigenvalue weighted by Crippen LogP contribution is 2.20. The second kappa shape index (κ2) is 4.99. The van der Waals surface area contributed by atoms with Crippen LogP contribution in [-0.4, -0.2) is 45.3 Å². The van der Waals surface area contributed by atoms with Gasteiger partial charge in [-0.1, -0.05) is 0 Å². The SMILES string of the molecule is Cn1c(=O)[nH]c2ccc(C(=O)NC3(C(=O)O)CCOC3)cc21. The molecule has 2 heterocycles. The van der Waals surface area contributed by atoms with E-state index in [0.717, 1.165) is 0 Å². The number of imidazole rings is 1. The number of carbonyl (C=O) groups excluding carboxylic acids is 1. The first-order valence-corrected chi connectivity index (χ1v) is 6.75. The fourth-order valence-corrected chi connectivity index (χ4v) is 2.54. The predicted molar refractivity (Wildman–Crippen MR) is 76.8 cm³/mol. The number of hydrogen-bond donors (Lipinski definition) is 3. The van der Waals surface area contributed by atoms with E-state index < -0.39 is 17.4 Å². The number of benzene rings is 1. The molecule has 0 radical (unpaired) electrons. The predicted octanol–water partition coefficient (Wildman–Crippen LogP) is -0.160. The smallest absolute Gasteiger partial charge is 0.331 e. The van der Waals surface area contributed by atoms with E-state index in [9.17, 15) is 19.5 Å². The molecule has 8 nitrogen and oxygen atoms in total. The van der Waals surface area contributed by atoms with Crippen LogP contribution in [0.15, 0.2) is 23.0 Å². The van der Waals surface area contributed by atoms with E-state index >= 15 is 0 Å². The maximum absolute atomic E-state index is 12.3. The van der Waals surface area contributed by atoms with Crippen molar-refractivity contribution in [3.8, 4) is 0 Å².